The van der Waals surface area contributed by atoms with Crippen molar-refractivity contribution >= 4 is 29.5 Å². The zero-order valence-corrected chi connectivity index (χ0v) is 30.6. The van der Waals surface area contributed by atoms with Gasteiger partial charge in [0.1, 0.15) is 24.4 Å². The molecule has 3 atom stereocenters. The summed E-state index contributed by atoms with van der Waals surface area (Å²) >= 11 is 0. The number of aromatic nitrogens is 2. The van der Waals surface area contributed by atoms with Gasteiger partial charge in [-0.15, -0.1) is 0 Å². The van der Waals surface area contributed by atoms with Crippen LogP contribution >= 0.6 is 0 Å². The first-order valence-corrected chi connectivity index (χ1v) is 17.7. The molecule has 0 fully saturated rings. The number of fused-ring (bicyclic) bond motifs is 1. The molecule has 4 N–H and O–H groups in total. The number of ether oxygens (including phenoxy) is 1. The van der Waals surface area contributed by atoms with Crippen LogP contribution in [0.4, 0.5) is 0 Å². The van der Waals surface area contributed by atoms with Gasteiger partial charge in [-0.3, -0.25) is 28.7 Å². The van der Waals surface area contributed by atoms with Crippen LogP contribution in [0.3, 0.4) is 0 Å². The Kier molecular flexibility index (Phi) is 13.0. The minimum Gasteiger partial charge on any atom is -0.491 e. The van der Waals surface area contributed by atoms with E-state index in [-0.39, 0.29) is 37.4 Å². The number of nitrogens with one attached hydrogen (secondary N) is 4. The summed E-state index contributed by atoms with van der Waals surface area (Å²) in [5.74, 6) is -2.49. The SMILES string of the molecule is Cc1nn(C)c(C)c1CCNC(=O)[C@@H]1CC(=O)N[C@@H](Cc2ccccc2)C(=O)N(C)CC(=O)N[C@H](Cc2ccccc2)COc2ccccc2C(=O)N1. The second kappa shape index (κ2) is 18.0. The first kappa shape index (κ1) is 38.3. The molecule has 13 heteroatoms. The number of amides is 5. The minimum absolute atomic E-state index is 0.0103. The van der Waals surface area contributed by atoms with Gasteiger partial charge in [-0.25, -0.2) is 0 Å². The van der Waals surface area contributed by atoms with Gasteiger partial charge >= 0.3 is 0 Å². The van der Waals surface area contributed by atoms with Gasteiger partial charge in [-0.05, 0) is 55.5 Å². The van der Waals surface area contributed by atoms with Crippen molar-refractivity contribution in [1.82, 2.24) is 35.9 Å². The van der Waals surface area contributed by atoms with Crippen molar-refractivity contribution in [3.63, 3.8) is 0 Å². The Morgan fingerprint density at radius 3 is 2.13 bits per heavy atom. The molecule has 1 aromatic heterocycles. The van der Waals surface area contributed by atoms with Crippen LogP contribution in [-0.2, 0) is 45.5 Å². The molecular weight excluding hydrogens is 674 g/mol. The summed E-state index contributed by atoms with van der Waals surface area (Å²) in [5, 5.41) is 15.8. The van der Waals surface area contributed by atoms with Crippen molar-refractivity contribution in [2.24, 2.45) is 7.05 Å². The van der Waals surface area contributed by atoms with E-state index >= 15 is 0 Å². The molecule has 5 rings (SSSR count). The topological polar surface area (TPSA) is 164 Å². The van der Waals surface area contributed by atoms with Gasteiger partial charge in [0.25, 0.3) is 5.91 Å². The molecule has 5 amide bonds. The standard InChI is InChI=1S/C40H47N7O6/c1-26-31(27(2)47(4)45-26)19-20-41-39(51)33-23-36(48)43-34(22-29-15-9-6-10-16-29)40(52)46(3)24-37(49)42-30(21-28-13-7-5-8-14-28)25-53-35-18-12-11-17-32(35)38(50)44-33/h5-18,30,33-34H,19-25H2,1-4H3,(H,41,51)(H,42,49)(H,43,48)(H,44,50)/t30-,33+,34+/m1/s1. The third-order valence-corrected chi connectivity index (χ3v) is 9.28. The van der Waals surface area contributed by atoms with Crippen molar-refractivity contribution in [1.29, 1.82) is 0 Å². The van der Waals surface area contributed by atoms with E-state index in [2.05, 4.69) is 26.4 Å². The van der Waals surface area contributed by atoms with E-state index in [1.165, 1.54) is 11.9 Å². The molecule has 53 heavy (non-hydrogen) atoms. The Bertz CT molecular complexity index is 1910. The Labute approximate surface area is 309 Å². The highest BCUT2D eigenvalue weighted by atomic mass is 16.5. The normalized spacial score (nSPS) is 18.9. The highest BCUT2D eigenvalue weighted by molar-refractivity contribution is 6.01. The van der Waals surface area contributed by atoms with Crippen LogP contribution in [0.2, 0.25) is 0 Å². The van der Waals surface area contributed by atoms with E-state index in [0.29, 0.717) is 12.8 Å². The lowest BCUT2D eigenvalue weighted by Crippen LogP contribution is -2.54. The highest BCUT2D eigenvalue weighted by Gasteiger charge is 2.31. The lowest BCUT2D eigenvalue weighted by atomic mass is 10.0. The van der Waals surface area contributed by atoms with Crippen molar-refractivity contribution in [2.45, 2.75) is 57.7 Å². The van der Waals surface area contributed by atoms with Gasteiger partial charge in [0.05, 0.1) is 30.3 Å². The third-order valence-electron chi connectivity index (χ3n) is 9.28. The van der Waals surface area contributed by atoms with Crippen LogP contribution in [-0.4, -0.2) is 89.1 Å². The predicted octanol–water partition coefficient (Wildman–Crippen LogP) is 2.19. The molecule has 13 nitrogen and oxygen atoms in total. The molecule has 4 aromatic rings. The maximum atomic E-state index is 13.9. The van der Waals surface area contributed by atoms with Gasteiger partial charge < -0.3 is 30.9 Å². The zero-order chi connectivity index (χ0) is 37.9. The van der Waals surface area contributed by atoms with Gasteiger partial charge in [-0.2, -0.15) is 5.10 Å². The predicted molar refractivity (Wildman–Crippen MR) is 199 cm³/mol. The Morgan fingerprint density at radius 1 is 0.830 bits per heavy atom. The molecule has 2 heterocycles. The first-order chi connectivity index (χ1) is 25.5. The molecule has 1 aliphatic rings. The van der Waals surface area contributed by atoms with Gasteiger partial charge in [0.15, 0.2) is 0 Å². The second-order valence-corrected chi connectivity index (χ2v) is 13.3. The van der Waals surface area contributed by atoms with Crippen LogP contribution in [0, 0.1) is 13.8 Å². The maximum absolute atomic E-state index is 13.9. The summed E-state index contributed by atoms with van der Waals surface area (Å²) in [6.45, 7) is 3.83. The summed E-state index contributed by atoms with van der Waals surface area (Å²) < 4.78 is 7.94. The minimum atomic E-state index is -1.29. The van der Waals surface area contributed by atoms with Gasteiger partial charge in [0, 0.05) is 32.8 Å². The number of likely N-dealkylation sites (N-methyl/N-ethyl adjacent to an activating group) is 1. The highest BCUT2D eigenvalue weighted by Crippen LogP contribution is 2.20. The molecule has 3 aromatic carbocycles. The summed E-state index contributed by atoms with van der Waals surface area (Å²) in [4.78, 5) is 69.8. The zero-order valence-electron chi connectivity index (χ0n) is 30.6. The number of carbonyl (C=O) groups is 5. The number of aryl methyl sites for hydroxylation is 2. The summed E-state index contributed by atoms with van der Waals surface area (Å²) in [6.07, 6.45) is 0.610. The van der Waals surface area contributed by atoms with Gasteiger partial charge in [-0.1, -0.05) is 72.8 Å². The van der Waals surface area contributed by atoms with E-state index in [9.17, 15) is 24.0 Å². The average Bonchev–Trinajstić information content (AvgIpc) is 3.39. The Morgan fingerprint density at radius 2 is 1.47 bits per heavy atom. The van der Waals surface area contributed by atoms with E-state index in [0.717, 1.165) is 28.1 Å². The van der Waals surface area contributed by atoms with E-state index in [1.807, 2.05) is 81.6 Å². The number of para-hydroxylation sites is 1. The van der Waals surface area contributed by atoms with Crippen LogP contribution in [0.1, 0.15) is 44.9 Å². The number of hydrogen-bond acceptors (Lipinski definition) is 7. The smallest absolute Gasteiger partial charge is 0.255 e. The maximum Gasteiger partial charge on any atom is 0.255 e. The van der Waals surface area contributed by atoms with Crippen LogP contribution in [0.5, 0.6) is 5.75 Å². The number of carbonyl (C=O) groups excluding carboxylic acids is 5. The third kappa shape index (κ3) is 10.5. The fourth-order valence-corrected chi connectivity index (χ4v) is 6.40. The lowest BCUT2D eigenvalue weighted by molar-refractivity contribution is -0.138. The molecule has 1 aliphatic heterocycles. The molecule has 278 valence electrons. The molecular formula is C40H47N7O6. The fourth-order valence-electron chi connectivity index (χ4n) is 6.40. The number of benzene rings is 3. The van der Waals surface area contributed by atoms with E-state index in [4.69, 9.17) is 4.74 Å². The summed E-state index contributed by atoms with van der Waals surface area (Å²) in [7, 11) is 3.35. The monoisotopic (exact) mass is 721 g/mol. The number of nitrogens with zero attached hydrogens (tertiary/aromatic N) is 3. The van der Waals surface area contributed by atoms with Crippen molar-refractivity contribution in [3.8, 4) is 5.75 Å². The van der Waals surface area contributed by atoms with Crippen LogP contribution < -0.4 is 26.0 Å². The lowest BCUT2D eigenvalue weighted by Gasteiger charge is -2.26. The molecule has 0 spiro atoms. The van der Waals surface area contributed by atoms with Crippen LogP contribution in [0.25, 0.3) is 0 Å². The average molecular weight is 722 g/mol. The van der Waals surface area contributed by atoms with E-state index < -0.39 is 54.1 Å². The Balaban J connectivity index is 1.44. The number of hydrogen-bond donors (Lipinski definition) is 4. The largest absolute Gasteiger partial charge is 0.491 e. The van der Waals surface area contributed by atoms with Crippen LogP contribution in [0.15, 0.2) is 84.9 Å². The first-order valence-electron chi connectivity index (χ1n) is 17.7. The van der Waals surface area contributed by atoms with Crippen molar-refractivity contribution in [2.75, 3.05) is 26.7 Å². The molecule has 0 saturated heterocycles. The molecule has 0 aliphatic carbocycles. The molecule has 0 saturated carbocycles. The second-order valence-electron chi connectivity index (χ2n) is 13.3. The van der Waals surface area contributed by atoms with Gasteiger partial charge in [0.2, 0.25) is 23.6 Å². The molecule has 0 radical (unpaired) electrons. The molecule has 0 unspecified atom stereocenters. The fraction of sp³-hybridized carbons (Fsp3) is 0.350. The summed E-state index contributed by atoms with van der Waals surface area (Å²) in [6, 6.07) is 22.5. The van der Waals surface area contributed by atoms with Crippen molar-refractivity contribution < 1.29 is 28.7 Å². The van der Waals surface area contributed by atoms with E-state index in [1.54, 1.807) is 28.9 Å². The quantitative estimate of drug-likeness (QED) is 0.217. The Hall–Kier alpha value is -5.98. The summed E-state index contributed by atoms with van der Waals surface area (Å²) in [5.41, 5.74) is 4.72. The molecule has 0 bridgehead atoms. The number of rotatable bonds is 8. The van der Waals surface area contributed by atoms with Crippen molar-refractivity contribution in [3.05, 3.63) is 119 Å².